The van der Waals surface area contributed by atoms with E-state index in [1.807, 2.05) is 0 Å². The van der Waals surface area contributed by atoms with Crippen LogP contribution in [0.5, 0.6) is 0 Å². The Hall–Kier alpha value is -3.68. The molecule has 0 aliphatic carbocycles. The Morgan fingerprint density at radius 2 is 1.65 bits per heavy atom. The third-order valence-electron chi connectivity index (χ3n) is 9.07. The molecule has 2 aliphatic rings. The lowest BCUT2D eigenvalue weighted by molar-refractivity contribution is -0.133. The number of aromatic amines is 1. The van der Waals surface area contributed by atoms with Crippen LogP contribution in [0.2, 0.25) is 0 Å². The van der Waals surface area contributed by atoms with Gasteiger partial charge in [0.25, 0.3) is 5.56 Å². The molecule has 4 heterocycles. The van der Waals surface area contributed by atoms with Gasteiger partial charge in [0.05, 0.1) is 0 Å². The molecule has 14 heteroatoms. The minimum absolute atomic E-state index is 0.00299. The van der Waals surface area contributed by atoms with Crippen LogP contribution in [-0.2, 0) is 17.8 Å². The van der Waals surface area contributed by atoms with Crippen molar-refractivity contribution >= 4 is 5.91 Å². The van der Waals surface area contributed by atoms with Crippen molar-refractivity contribution in [1.82, 2.24) is 34.8 Å². The zero-order chi connectivity index (χ0) is 33.4. The van der Waals surface area contributed by atoms with Gasteiger partial charge in [0.2, 0.25) is 5.91 Å². The van der Waals surface area contributed by atoms with Crippen LogP contribution in [-0.4, -0.2) is 79.6 Å². The number of alkyl halides is 3. The fourth-order valence-corrected chi connectivity index (χ4v) is 6.41. The number of rotatable bonds is 8. The number of halogens is 5. The van der Waals surface area contributed by atoms with Gasteiger partial charge in [-0.2, -0.15) is 18.3 Å². The summed E-state index contributed by atoms with van der Waals surface area (Å²) in [5.74, 6) is -3.45. The van der Waals surface area contributed by atoms with Crippen LogP contribution in [0.4, 0.5) is 22.0 Å². The molecule has 2 aromatic heterocycles. The largest absolute Gasteiger partial charge is 0.396 e. The van der Waals surface area contributed by atoms with Crippen molar-refractivity contribution in [2.45, 2.75) is 89.8 Å². The Morgan fingerprint density at radius 1 is 0.957 bits per heavy atom. The second kappa shape index (κ2) is 15.7. The van der Waals surface area contributed by atoms with Crippen molar-refractivity contribution < 1.29 is 26.7 Å². The number of H-pyrrole nitrogens is 1. The number of likely N-dealkylation sites (tertiary alicyclic amines) is 1. The highest BCUT2D eigenvalue weighted by Crippen LogP contribution is 2.38. The van der Waals surface area contributed by atoms with Crippen molar-refractivity contribution in [3.63, 3.8) is 0 Å². The monoisotopic (exact) mass is 651 g/mol. The Morgan fingerprint density at radius 3 is 2.26 bits per heavy atom. The smallest absolute Gasteiger partial charge is 0.343 e. The van der Waals surface area contributed by atoms with E-state index < -0.39 is 36.1 Å². The van der Waals surface area contributed by atoms with Crippen molar-refractivity contribution in [1.29, 1.82) is 0 Å². The minimum atomic E-state index is -4.54. The predicted octanol–water partition coefficient (Wildman–Crippen LogP) is 5.55. The Balaban J connectivity index is 0.000000617. The summed E-state index contributed by atoms with van der Waals surface area (Å²) in [5, 5.41) is 14.0. The lowest BCUT2D eigenvalue weighted by Gasteiger charge is -2.32. The summed E-state index contributed by atoms with van der Waals surface area (Å²) >= 11 is 0. The molecule has 252 valence electrons. The number of hydrogen-bond donors (Lipinski definition) is 1. The molecule has 0 radical (unpaired) electrons. The number of carbonyl (C=O) groups excluding carboxylic acids is 1. The van der Waals surface area contributed by atoms with E-state index in [2.05, 4.69) is 46.1 Å². The average molecular weight is 652 g/mol. The highest BCUT2D eigenvalue weighted by molar-refractivity contribution is 5.77. The summed E-state index contributed by atoms with van der Waals surface area (Å²) in [6, 6.07) is 5.47. The maximum atomic E-state index is 14.6. The number of piperidine rings is 1. The summed E-state index contributed by atoms with van der Waals surface area (Å²) in [7, 11) is 0. The maximum Gasteiger partial charge on any atom is 0.396 e. The van der Waals surface area contributed by atoms with Crippen LogP contribution in [0.3, 0.4) is 0 Å². The summed E-state index contributed by atoms with van der Waals surface area (Å²) in [6.07, 6.45) is -2.47. The Bertz CT molecular complexity index is 1490. The summed E-state index contributed by atoms with van der Waals surface area (Å²) in [4.78, 5) is 29.4. The second-order valence-corrected chi connectivity index (χ2v) is 11.8. The predicted molar refractivity (Wildman–Crippen MR) is 162 cm³/mol. The summed E-state index contributed by atoms with van der Waals surface area (Å²) in [5.41, 5.74) is 0.452. The molecule has 3 aromatic rings. The normalized spacial score (nSPS) is 18.9. The van der Waals surface area contributed by atoms with E-state index in [0.717, 1.165) is 6.07 Å². The quantitative estimate of drug-likeness (QED) is 0.321. The van der Waals surface area contributed by atoms with Gasteiger partial charge in [-0.1, -0.05) is 32.9 Å². The molecule has 1 amide bonds. The number of nitrogens with one attached hydrogen (secondary N) is 1. The molecule has 2 aliphatic heterocycles. The van der Waals surface area contributed by atoms with Crippen molar-refractivity contribution in [3.8, 4) is 0 Å². The highest BCUT2D eigenvalue weighted by atomic mass is 19.4. The van der Waals surface area contributed by atoms with Crippen LogP contribution >= 0.6 is 0 Å². The first kappa shape index (κ1) is 35.2. The number of fused-ring (bicyclic) bond motifs is 1. The van der Waals surface area contributed by atoms with E-state index in [0.29, 0.717) is 44.3 Å². The van der Waals surface area contributed by atoms with Gasteiger partial charge in [-0.05, 0) is 68.9 Å². The van der Waals surface area contributed by atoms with Gasteiger partial charge in [-0.3, -0.25) is 9.59 Å². The molecule has 0 bridgehead atoms. The number of carbonyl (C=O) groups is 1. The molecular formula is C32H42F5N7O2. The number of hydrogen-bond acceptors (Lipinski definition) is 6. The number of benzene rings is 1. The molecule has 9 nitrogen and oxygen atoms in total. The fourth-order valence-electron chi connectivity index (χ4n) is 6.41. The molecule has 1 aromatic carbocycles. The maximum absolute atomic E-state index is 14.6. The Kier molecular flexibility index (Phi) is 12.0. The first-order valence-electron chi connectivity index (χ1n) is 15.9. The van der Waals surface area contributed by atoms with Gasteiger partial charge in [0, 0.05) is 49.7 Å². The highest BCUT2D eigenvalue weighted by Gasteiger charge is 2.37. The first-order valence-corrected chi connectivity index (χ1v) is 15.9. The van der Waals surface area contributed by atoms with E-state index in [4.69, 9.17) is 0 Å². The van der Waals surface area contributed by atoms with Crippen LogP contribution < -0.4 is 5.56 Å². The molecule has 2 atom stereocenters. The SMILES string of the molecule is CCN(CC)CC.O=C(C[C@@H]1CC[C@H](c2cccc(F)c2F)Cn2c(CC(F)(F)F)nnc21)N1CCC(c2ccn[nH]c2=O)CC1. The third kappa shape index (κ3) is 8.77. The van der Waals surface area contributed by atoms with E-state index in [1.54, 1.807) is 11.0 Å². The number of aromatic nitrogens is 5. The van der Waals surface area contributed by atoms with Gasteiger partial charge < -0.3 is 14.4 Å². The van der Waals surface area contributed by atoms with Crippen LogP contribution in [0.25, 0.3) is 0 Å². The van der Waals surface area contributed by atoms with E-state index in [-0.39, 0.29) is 47.6 Å². The second-order valence-electron chi connectivity index (χ2n) is 11.8. The topological polar surface area (TPSA) is 100 Å². The van der Waals surface area contributed by atoms with Crippen LogP contribution in [0.1, 0.15) is 93.4 Å². The van der Waals surface area contributed by atoms with Crippen molar-refractivity contribution in [2.75, 3.05) is 32.7 Å². The Labute approximate surface area is 265 Å². The molecule has 5 rings (SSSR count). The van der Waals surface area contributed by atoms with Gasteiger partial charge in [0.15, 0.2) is 11.6 Å². The standard InChI is InChI=1S/C26H27F5N6O2.C6H15N/c27-20-3-1-2-18(23(20)28)17-5-4-16(24-34-33-21(37(24)14-17)13-26(29,30)31)12-22(38)36-10-7-15(8-11-36)19-6-9-32-35-25(19)39;1-4-7(5-2)6-3/h1-3,6,9,15-17H,4-5,7-8,10-14H2,(H,35,39);4-6H2,1-3H3/t16-,17-;/m0./s1. The van der Waals surface area contributed by atoms with Gasteiger partial charge >= 0.3 is 6.18 Å². The lowest BCUT2D eigenvalue weighted by atomic mass is 9.88. The zero-order valence-electron chi connectivity index (χ0n) is 26.5. The summed E-state index contributed by atoms with van der Waals surface area (Å²) in [6.45, 7) is 10.9. The van der Waals surface area contributed by atoms with Crippen LogP contribution in [0.15, 0.2) is 35.3 Å². The first-order chi connectivity index (χ1) is 21.9. The molecule has 0 saturated carbocycles. The molecule has 0 spiro atoms. The molecule has 1 N–H and O–H groups in total. The molecule has 1 fully saturated rings. The molecule has 1 saturated heterocycles. The van der Waals surface area contributed by atoms with Gasteiger partial charge in [-0.15, -0.1) is 10.2 Å². The zero-order valence-corrected chi connectivity index (χ0v) is 26.5. The average Bonchev–Trinajstić information content (AvgIpc) is 3.31. The molecule has 46 heavy (non-hydrogen) atoms. The van der Waals surface area contributed by atoms with E-state index in [1.165, 1.54) is 42.5 Å². The molecular weight excluding hydrogens is 609 g/mol. The minimum Gasteiger partial charge on any atom is -0.343 e. The van der Waals surface area contributed by atoms with Crippen molar-refractivity contribution in [3.05, 3.63) is 75.2 Å². The van der Waals surface area contributed by atoms with Gasteiger partial charge in [0.1, 0.15) is 18.1 Å². The lowest BCUT2D eigenvalue weighted by Crippen LogP contribution is -2.39. The van der Waals surface area contributed by atoms with Crippen molar-refractivity contribution in [2.24, 2.45) is 0 Å². The summed E-state index contributed by atoms with van der Waals surface area (Å²) < 4.78 is 69.8. The third-order valence-corrected chi connectivity index (χ3v) is 9.07. The van der Waals surface area contributed by atoms with E-state index in [9.17, 15) is 31.5 Å². The van der Waals surface area contributed by atoms with Gasteiger partial charge in [-0.25, -0.2) is 13.9 Å². The molecule has 0 unspecified atom stereocenters. The number of amides is 1. The van der Waals surface area contributed by atoms with E-state index >= 15 is 0 Å². The number of nitrogens with zero attached hydrogens (tertiary/aromatic N) is 6. The van der Waals surface area contributed by atoms with Crippen LogP contribution in [0, 0.1) is 11.6 Å². The fraction of sp³-hybridized carbons (Fsp3) is 0.594.